The molecule has 6 heteroatoms. The highest BCUT2D eigenvalue weighted by atomic mass is 35.5. The van der Waals surface area contributed by atoms with E-state index in [0.29, 0.717) is 34.5 Å². The van der Waals surface area contributed by atoms with Gasteiger partial charge in [0.2, 0.25) is 0 Å². The summed E-state index contributed by atoms with van der Waals surface area (Å²) in [6.45, 7) is 5.65. The van der Waals surface area contributed by atoms with Crippen LogP contribution in [0.15, 0.2) is 39.5 Å². The van der Waals surface area contributed by atoms with Gasteiger partial charge in [0.1, 0.15) is 18.1 Å². The van der Waals surface area contributed by atoms with Gasteiger partial charge in [0, 0.05) is 34.1 Å². The molecule has 0 fully saturated rings. The van der Waals surface area contributed by atoms with Crippen molar-refractivity contribution in [1.82, 2.24) is 4.90 Å². The Bertz CT molecular complexity index is 1090. The van der Waals surface area contributed by atoms with E-state index in [1.165, 1.54) is 0 Å². The second-order valence-corrected chi connectivity index (χ2v) is 7.71. The molecule has 0 aliphatic carbocycles. The van der Waals surface area contributed by atoms with Gasteiger partial charge in [0.15, 0.2) is 0 Å². The van der Waals surface area contributed by atoms with E-state index in [-0.39, 0.29) is 5.63 Å². The van der Waals surface area contributed by atoms with Gasteiger partial charge >= 0.3 is 5.63 Å². The second kappa shape index (κ2) is 7.19. The van der Waals surface area contributed by atoms with Gasteiger partial charge in [-0.3, -0.25) is 4.90 Å². The molecular formula is C21H19Cl2NO3. The standard InChI is InChI=1S/C21H19Cl2NO3/c1-12-13(2)21(25)27-20-16(12)5-6-19-17(20)10-24(11-26-19)8-7-14-3-4-15(22)9-18(14)23/h3-6,9H,7-8,10-11H2,1-2H3. The summed E-state index contributed by atoms with van der Waals surface area (Å²) in [4.78, 5) is 14.3. The molecule has 0 amide bonds. The van der Waals surface area contributed by atoms with Gasteiger partial charge in [-0.05, 0) is 55.7 Å². The molecule has 0 N–H and O–H groups in total. The maximum atomic E-state index is 12.2. The first-order chi connectivity index (χ1) is 12.9. The summed E-state index contributed by atoms with van der Waals surface area (Å²) in [6, 6.07) is 9.47. The number of benzene rings is 2. The zero-order chi connectivity index (χ0) is 19.1. The highest BCUT2D eigenvalue weighted by Crippen LogP contribution is 2.33. The van der Waals surface area contributed by atoms with Gasteiger partial charge in [-0.1, -0.05) is 29.3 Å². The third kappa shape index (κ3) is 3.45. The van der Waals surface area contributed by atoms with E-state index in [9.17, 15) is 4.79 Å². The molecule has 0 spiro atoms. The number of aryl methyl sites for hydroxylation is 1. The van der Waals surface area contributed by atoms with Crippen molar-refractivity contribution in [3.8, 4) is 5.75 Å². The molecule has 1 aromatic heterocycles. The predicted octanol–water partition coefficient (Wildman–Crippen LogP) is 5.11. The molecule has 2 aromatic carbocycles. The smallest absolute Gasteiger partial charge is 0.339 e. The number of fused-ring (bicyclic) bond motifs is 3. The number of nitrogens with zero attached hydrogens (tertiary/aromatic N) is 1. The molecular weight excluding hydrogens is 385 g/mol. The minimum atomic E-state index is -0.293. The quantitative estimate of drug-likeness (QED) is 0.569. The lowest BCUT2D eigenvalue weighted by Crippen LogP contribution is -2.33. The SMILES string of the molecule is Cc1c(C)c2ccc3c(c2oc1=O)CN(CCc1ccc(Cl)cc1Cl)CO3. The largest absolute Gasteiger partial charge is 0.478 e. The van der Waals surface area contributed by atoms with Gasteiger partial charge in [0.05, 0.1) is 5.56 Å². The fourth-order valence-electron chi connectivity index (χ4n) is 3.41. The van der Waals surface area contributed by atoms with Crippen molar-refractivity contribution in [2.45, 2.75) is 26.8 Å². The first-order valence-corrected chi connectivity index (χ1v) is 9.54. The summed E-state index contributed by atoms with van der Waals surface area (Å²) < 4.78 is 11.5. The highest BCUT2D eigenvalue weighted by Gasteiger charge is 2.22. The van der Waals surface area contributed by atoms with Crippen LogP contribution in [0.1, 0.15) is 22.3 Å². The molecule has 2 heterocycles. The highest BCUT2D eigenvalue weighted by molar-refractivity contribution is 6.35. The molecule has 1 aliphatic heterocycles. The topological polar surface area (TPSA) is 42.7 Å². The van der Waals surface area contributed by atoms with Crippen LogP contribution >= 0.6 is 23.2 Å². The van der Waals surface area contributed by atoms with Crippen LogP contribution in [0.3, 0.4) is 0 Å². The molecule has 27 heavy (non-hydrogen) atoms. The van der Waals surface area contributed by atoms with Crippen molar-refractivity contribution in [3.05, 3.63) is 73.1 Å². The molecule has 1 aliphatic rings. The number of ether oxygens (including phenoxy) is 1. The Morgan fingerprint density at radius 3 is 2.70 bits per heavy atom. The Kier molecular flexibility index (Phi) is 4.89. The van der Waals surface area contributed by atoms with Gasteiger partial charge in [-0.2, -0.15) is 0 Å². The van der Waals surface area contributed by atoms with E-state index in [2.05, 4.69) is 4.90 Å². The number of hydrogen-bond acceptors (Lipinski definition) is 4. The second-order valence-electron chi connectivity index (χ2n) is 6.87. The normalized spacial score (nSPS) is 14.2. The van der Waals surface area contributed by atoms with Crippen LogP contribution in [-0.2, 0) is 13.0 Å². The summed E-state index contributed by atoms with van der Waals surface area (Å²) in [5, 5.41) is 2.26. The van der Waals surface area contributed by atoms with Crippen LogP contribution in [0.5, 0.6) is 5.75 Å². The summed E-state index contributed by atoms with van der Waals surface area (Å²) in [5.41, 5.74) is 3.89. The van der Waals surface area contributed by atoms with Crippen molar-refractivity contribution >= 4 is 34.2 Å². The third-order valence-corrected chi connectivity index (χ3v) is 5.77. The average Bonchev–Trinajstić information content (AvgIpc) is 2.65. The van der Waals surface area contributed by atoms with Gasteiger partial charge in [-0.15, -0.1) is 0 Å². The number of halogens is 2. The van der Waals surface area contributed by atoms with Crippen LogP contribution in [0, 0.1) is 13.8 Å². The van der Waals surface area contributed by atoms with Crippen molar-refractivity contribution in [2.24, 2.45) is 0 Å². The Labute approximate surface area is 167 Å². The zero-order valence-electron chi connectivity index (χ0n) is 15.1. The fourth-order valence-corrected chi connectivity index (χ4v) is 3.91. The predicted molar refractivity (Wildman–Crippen MR) is 108 cm³/mol. The Morgan fingerprint density at radius 2 is 1.93 bits per heavy atom. The van der Waals surface area contributed by atoms with Crippen LogP contribution in [0.25, 0.3) is 11.0 Å². The molecule has 4 nitrogen and oxygen atoms in total. The van der Waals surface area contributed by atoms with Gasteiger partial charge in [0.25, 0.3) is 0 Å². The summed E-state index contributed by atoms with van der Waals surface area (Å²) in [5.74, 6) is 0.773. The van der Waals surface area contributed by atoms with E-state index in [4.69, 9.17) is 32.4 Å². The van der Waals surface area contributed by atoms with Crippen LogP contribution < -0.4 is 10.4 Å². The third-order valence-electron chi connectivity index (χ3n) is 5.18. The minimum Gasteiger partial charge on any atom is -0.478 e. The summed E-state index contributed by atoms with van der Waals surface area (Å²) in [7, 11) is 0. The average molecular weight is 404 g/mol. The van der Waals surface area contributed by atoms with Crippen LogP contribution in [-0.4, -0.2) is 18.2 Å². The van der Waals surface area contributed by atoms with Gasteiger partial charge in [-0.25, -0.2) is 4.79 Å². The van der Waals surface area contributed by atoms with E-state index in [1.54, 1.807) is 13.0 Å². The Hall–Kier alpha value is -2.01. The molecule has 140 valence electrons. The molecule has 0 saturated heterocycles. The minimum absolute atomic E-state index is 0.293. The molecule has 0 atom stereocenters. The lowest BCUT2D eigenvalue weighted by Gasteiger charge is -2.29. The van der Waals surface area contributed by atoms with Crippen molar-refractivity contribution < 1.29 is 9.15 Å². The monoisotopic (exact) mass is 403 g/mol. The maximum absolute atomic E-state index is 12.2. The fraction of sp³-hybridized carbons (Fsp3) is 0.286. The molecule has 0 bridgehead atoms. The Balaban J connectivity index is 1.61. The van der Waals surface area contributed by atoms with Crippen molar-refractivity contribution in [3.63, 3.8) is 0 Å². The van der Waals surface area contributed by atoms with E-state index in [0.717, 1.165) is 40.8 Å². The van der Waals surface area contributed by atoms with E-state index >= 15 is 0 Å². The summed E-state index contributed by atoms with van der Waals surface area (Å²) in [6.07, 6.45) is 0.779. The molecule has 0 saturated carbocycles. The number of rotatable bonds is 3. The van der Waals surface area contributed by atoms with Gasteiger partial charge < -0.3 is 9.15 Å². The van der Waals surface area contributed by atoms with Crippen LogP contribution in [0.4, 0.5) is 0 Å². The molecule has 3 aromatic rings. The molecule has 0 unspecified atom stereocenters. The van der Waals surface area contributed by atoms with Crippen LogP contribution in [0.2, 0.25) is 10.0 Å². The first-order valence-electron chi connectivity index (χ1n) is 8.79. The lowest BCUT2D eigenvalue weighted by molar-refractivity contribution is 0.0968. The summed E-state index contributed by atoms with van der Waals surface area (Å²) >= 11 is 12.2. The van der Waals surface area contributed by atoms with E-state index in [1.807, 2.05) is 31.2 Å². The molecule has 0 radical (unpaired) electrons. The van der Waals surface area contributed by atoms with E-state index < -0.39 is 0 Å². The lowest BCUT2D eigenvalue weighted by atomic mass is 10.0. The molecule has 4 rings (SSSR count). The first kappa shape index (κ1) is 18.4. The van der Waals surface area contributed by atoms with Crippen molar-refractivity contribution in [2.75, 3.05) is 13.3 Å². The number of hydrogen-bond donors (Lipinski definition) is 0. The zero-order valence-corrected chi connectivity index (χ0v) is 16.7. The maximum Gasteiger partial charge on any atom is 0.339 e. The Morgan fingerprint density at radius 1 is 1.11 bits per heavy atom. The van der Waals surface area contributed by atoms with Crippen molar-refractivity contribution in [1.29, 1.82) is 0 Å².